The molecule has 1 saturated carbocycles. The van der Waals surface area contributed by atoms with Gasteiger partial charge in [-0.2, -0.15) is 11.8 Å². The molecule has 1 aliphatic carbocycles. The molecule has 0 aromatic carbocycles. The quantitative estimate of drug-likeness (QED) is 0.648. The van der Waals surface area contributed by atoms with E-state index in [0.29, 0.717) is 6.54 Å². The molecule has 5 heteroatoms. The maximum atomic E-state index is 12.6. The molecule has 112 valence electrons. The second-order valence-electron chi connectivity index (χ2n) is 5.62. The van der Waals surface area contributed by atoms with Crippen LogP contribution in [-0.4, -0.2) is 41.7 Å². The van der Waals surface area contributed by atoms with Gasteiger partial charge in [0, 0.05) is 17.8 Å². The summed E-state index contributed by atoms with van der Waals surface area (Å²) in [6.07, 6.45) is 8.32. The summed E-state index contributed by atoms with van der Waals surface area (Å²) in [6.45, 7) is 2.46. The summed E-state index contributed by atoms with van der Waals surface area (Å²) in [5.41, 5.74) is 5.52. The SMILES string of the molecule is CSC(CO)C(C)NC(=O)C1(CN)CCCCCC1. The first kappa shape index (κ1) is 16.8. The van der Waals surface area contributed by atoms with Gasteiger partial charge in [0.25, 0.3) is 0 Å². The van der Waals surface area contributed by atoms with Crippen molar-refractivity contribution in [3.63, 3.8) is 0 Å². The molecule has 4 nitrogen and oxygen atoms in total. The van der Waals surface area contributed by atoms with Crippen LogP contribution in [0.3, 0.4) is 0 Å². The van der Waals surface area contributed by atoms with Crippen LogP contribution in [-0.2, 0) is 4.79 Å². The largest absolute Gasteiger partial charge is 0.395 e. The summed E-state index contributed by atoms with van der Waals surface area (Å²) in [5.74, 6) is 0.0805. The number of aliphatic hydroxyl groups excluding tert-OH is 1. The van der Waals surface area contributed by atoms with Crippen molar-refractivity contribution in [3.8, 4) is 0 Å². The van der Waals surface area contributed by atoms with E-state index >= 15 is 0 Å². The van der Waals surface area contributed by atoms with Gasteiger partial charge < -0.3 is 16.2 Å². The second-order valence-corrected chi connectivity index (χ2v) is 6.69. The highest BCUT2D eigenvalue weighted by Gasteiger charge is 2.38. The van der Waals surface area contributed by atoms with E-state index in [4.69, 9.17) is 5.73 Å². The number of carbonyl (C=O) groups excluding carboxylic acids is 1. The van der Waals surface area contributed by atoms with Crippen molar-refractivity contribution >= 4 is 17.7 Å². The lowest BCUT2D eigenvalue weighted by Crippen LogP contribution is -2.51. The van der Waals surface area contributed by atoms with Gasteiger partial charge in [0.2, 0.25) is 5.91 Å². The highest BCUT2D eigenvalue weighted by molar-refractivity contribution is 7.99. The Labute approximate surface area is 120 Å². The van der Waals surface area contributed by atoms with Crippen LogP contribution in [0.5, 0.6) is 0 Å². The molecule has 0 aromatic rings. The number of hydrogen-bond acceptors (Lipinski definition) is 4. The van der Waals surface area contributed by atoms with E-state index in [1.54, 1.807) is 11.8 Å². The normalized spacial score (nSPS) is 22.3. The molecule has 4 N–H and O–H groups in total. The topological polar surface area (TPSA) is 75.3 Å². The summed E-state index contributed by atoms with van der Waals surface area (Å²) in [5, 5.41) is 12.4. The number of thioether (sulfide) groups is 1. The molecule has 2 atom stereocenters. The molecule has 2 unspecified atom stereocenters. The summed E-state index contributed by atoms with van der Waals surface area (Å²) in [4.78, 5) is 12.6. The van der Waals surface area contributed by atoms with Crippen LogP contribution in [0.15, 0.2) is 0 Å². The predicted molar refractivity (Wildman–Crippen MR) is 81.2 cm³/mol. The second kappa shape index (κ2) is 8.12. The van der Waals surface area contributed by atoms with E-state index in [1.807, 2.05) is 13.2 Å². The Kier molecular flexibility index (Phi) is 7.18. The first-order valence-corrected chi connectivity index (χ1v) is 8.53. The van der Waals surface area contributed by atoms with E-state index in [9.17, 15) is 9.90 Å². The van der Waals surface area contributed by atoms with E-state index in [0.717, 1.165) is 25.7 Å². The first-order valence-electron chi connectivity index (χ1n) is 7.24. The number of carbonyl (C=O) groups is 1. The lowest BCUT2D eigenvalue weighted by Gasteiger charge is -2.32. The standard InChI is InChI=1S/C14H28N2O2S/c1-11(12(9-17)19-2)16-13(18)14(10-15)7-5-3-4-6-8-14/h11-12,17H,3-10,15H2,1-2H3,(H,16,18). The van der Waals surface area contributed by atoms with Crippen molar-refractivity contribution in [2.45, 2.75) is 56.7 Å². The molecular weight excluding hydrogens is 260 g/mol. The highest BCUT2D eigenvalue weighted by Crippen LogP contribution is 2.34. The minimum atomic E-state index is -0.386. The molecule has 1 rings (SSSR count). The third kappa shape index (κ3) is 4.36. The number of aliphatic hydroxyl groups is 1. The molecule has 0 aliphatic heterocycles. The van der Waals surface area contributed by atoms with Crippen molar-refractivity contribution in [3.05, 3.63) is 0 Å². The minimum Gasteiger partial charge on any atom is -0.395 e. The van der Waals surface area contributed by atoms with E-state index < -0.39 is 0 Å². The van der Waals surface area contributed by atoms with Crippen molar-refractivity contribution in [1.82, 2.24) is 5.32 Å². The van der Waals surface area contributed by atoms with Crippen LogP contribution in [0.1, 0.15) is 45.4 Å². The molecular formula is C14H28N2O2S. The Morgan fingerprint density at radius 3 is 2.37 bits per heavy atom. The van der Waals surface area contributed by atoms with Crippen LogP contribution in [0.25, 0.3) is 0 Å². The maximum Gasteiger partial charge on any atom is 0.227 e. The Morgan fingerprint density at radius 2 is 1.95 bits per heavy atom. The lowest BCUT2D eigenvalue weighted by atomic mass is 9.79. The average molecular weight is 288 g/mol. The van der Waals surface area contributed by atoms with Gasteiger partial charge in [-0.3, -0.25) is 4.79 Å². The van der Waals surface area contributed by atoms with Crippen LogP contribution in [0, 0.1) is 5.41 Å². The van der Waals surface area contributed by atoms with Crippen molar-refractivity contribution in [1.29, 1.82) is 0 Å². The van der Waals surface area contributed by atoms with Crippen molar-refractivity contribution < 1.29 is 9.90 Å². The van der Waals surface area contributed by atoms with Gasteiger partial charge >= 0.3 is 0 Å². The minimum absolute atomic E-state index is 0.0285. The molecule has 0 heterocycles. The molecule has 1 amide bonds. The molecule has 0 saturated heterocycles. The zero-order valence-corrected chi connectivity index (χ0v) is 13.0. The van der Waals surface area contributed by atoms with Gasteiger partial charge in [0.15, 0.2) is 0 Å². The van der Waals surface area contributed by atoms with Crippen molar-refractivity contribution in [2.75, 3.05) is 19.4 Å². The predicted octanol–water partition coefficient (Wildman–Crippen LogP) is 1.51. The third-order valence-corrected chi connectivity index (χ3v) is 5.50. The number of rotatable bonds is 6. The smallest absolute Gasteiger partial charge is 0.227 e. The van der Waals surface area contributed by atoms with Gasteiger partial charge in [-0.15, -0.1) is 0 Å². The fraction of sp³-hybridized carbons (Fsp3) is 0.929. The number of amides is 1. The first-order chi connectivity index (χ1) is 9.09. The molecule has 1 fully saturated rings. The molecule has 0 aromatic heterocycles. The summed E-state index contributed by atoms with van der Waals surface area (Å²) in [6, 6.07) is -0.0285. The van der Waals surface area contributed by atoms with Gasteiger partial charge in [-0.25, -0.2) is 0 Å². The molecule has 0 radical (unpaired) electrons. The number of hydrogen-bond donors (Lipinski definition) is 3. The summed E-state index contributed by atoms with van der Waals surface area (Å²) < 4.78 is 0. The summed E-state index contributed by atoms with van der Waals surface area (Å²) in [7, 11) is 0. The maximum absolute atomic E-state index is 12.6. The van der Waals surface area contributed by atoms with E-state index in [-0.39, 0.29) is 29.2 Å². The van der Waals surface area contributed by atoms with Crippen LogP contribution < -0.4 is 11.1 Å². The Balaban J connectivity index is 2.67. The van der Waals surface area contributed by atoms with Crippen molar-refractivity contribution in [2.24, 2.45) is 11.1 Å². The van der Waals surface area contributed by atoms with Crippen LogP contribution in [0.4, 0.5) is 0 Å². The number of nitrogens with two attached hydrogens (primary N) is 1. The van der Waals surface area contributed by atoms with E-state index in [2.05, 4.69) is 5.32 Å². The average Bonchev–Trinajstić information content (AvgIpc) is 2.66. The molecule has 0 spiro atoms. The highest BCUT2D eigenvalue weighted by atomic mass is 32.2. The van der Waals surface area contributed by atoms with E-state index in [1.165, 1.54) is 12.8 Å². The van der Waals surface area contributed by atoms with Gasteiger partial charge in [-0.05, 0) is 26.0 Å². The Hall–Kier alpha value is -0.260. The van der Waals surface area contributed by atoms with Gasteiger partial charge in [0.05, 0.1) is 12.0 Å². The van der Waals surface area contributed by atoms with Crippen LogP contribution in [0.2, 0.25) is 0 Å². The third-order valence-electron chi connectivity index (χ3n) is 4.33. The van der Waals surface area contributed by atoms with Gasteiger partial charge in [-0.1, -0.05) is 25.7 Å². The van der Waals surface area contributed by atoms with Crippen LogP contribution >= 0.6 is 11.8 Å². The molecule has 0 bridgehead atoms. The zero-order chi connectivity index (χ0) is 14.3. The zero-order valence-electron chi connectivity index (χ0n) is 12.2. The summed E-state index contributed by atoms with van der Waals surface area (Å²) >= 11 is 1.58. The Bertz CT molecular complexity index is 275. The Morgan fingerprint density at radius 1 is 1.37 bits per heavy atom. The number of nitrogens with one attached hydrogen (secondary N) is 1. The fourth-order valence-corrected chi connectivity index (χ4v) is 3.44. The molecule has 1 aliphatic rings. The monoisotopic (exact) mass is 288 g/mol. The fourth-order valence-electron chi connectivity index (χ4n) is 2.82. The molecule has 19 heavy (non-hydrogen) atoms. The van der Waals surface area contributed by atoms with Gasteiger partial charge in [0.1, 0.15) is 0 Å². The lowest BCUT2D eigenvalue weighted by molar-refractivity contribution is -0.132.